The molecule has 0 heteroatoms. The van der Waals surface area contributed by atoms with Crippen molar-refractivity contribution in [1.29, 1.82) is 0 Å². The molecule has 2 saturated carbocycles. The minimum Gasteiger partial charge on any atom is -0.0914 e. The van der Waals surface area contributed by atoms with E-state index in [1.807, 2.05) is 0 Å². The average molecular weight is 192 g/mol. The molecular formula is C14H24. The summed E-state index contributed by atoms with van der Waals surface area (Å²) in [5, 5.41) is 0. The van der Waals surface area contributed by atoms with Gasteiger partial charge in [0.2, 0.25) is 0 Å². The molecule has 5 atom stereocenters. The molecule has 2 fully saturated rings. The van der Waals surface area contributed by atoms with Crippen molar-refractivity contribution in [3.05, 3.63) is 12.2 Å². The predicted molar refractivity (Wildman–Crippen MR) is 62.1 cm³/mol. The Labute approximate surface area is 88.8 Å². The molecule has 2 rings (SSSR count). The van der Waals surface area contributed by atoms with E-state index < -0.39 is 0 Å². The lowest BCUT2D eigenvalue weighted by Gasteiger charge is -2.17. The molecule has 80 valence electrons. The number of hydrogen-bond donors (Lipinski definition) is 0. The summed E-state index contributed by atoms with van der Waals surface area (Å²) in [4.78, 5) is 0. The largest absolute Gasteiger partial charge is 0.0914 e. The van der Waals surface area contributed by atoms with E-state index in [9.17, 15) is 0 Å². The van der Waals surface area contributed by atoms with Crippen LogP contribution in [0.4, 0.5) is 0 Å². The molecule has 0 amide bonds. The first-order chi connectivity index (χ1) is 6.76. The second-order valence-corrected chi connectivity index (χ2v) is 5.50. The topological polar surface area (TPSA) is 0 Å². The first-order valence-electron chi connectivity index (χ1n) is 6.39. The fourth-order valence-electron chi connectivity index (χ4n) is 3.39. The summed E-state index contributed by atoms with van der Waals surface area (Å²) in [7, 11) is 0. The van der Waals surface area contributed by atoms with Gasteiger partial charge in [-0.15, -0.1) is 0 Å². The molecule has 14 heavy (non-hydrogen) atoms. The highest BCUT2D eigenvalue weighted by Gasteiger charge is 2.52. The van der Waals surface area contributed by atoms with Crippen molar-refractivity contribution in [2.75, 3.05) is 0 Å². The summed E-state index contributed by atoms with van der Waals surface area (Å²) in [5.74, 6) is 5.16. The number of hydrogen-bond acceptors (Lipinski definition) is 0. The third kappa shape index (κ3) is 1.89. The molecule has 0 aromatic rings. The van der Waals surface area contributed by atoms with E-state index >= 15 is 0 Å². The van der Waals surface area contributed by atoms with Crippen LogP contribution >= 0.6 is 0 Å². The minimum atomic E-state index is 0.944. The van der Waals surface area contributed by atoms with Crippen LogP contribution in [-0.4, -0.2) is 0 Å². The third-order valence-corrected chi connectivity index (χ3v) is 4.46. The van der Waals surface area contributed by atoms with Gasteiger partial charge in [-0.1, -0.05) is 32.4 Å². The Bertz CT molecular complexity index is 216. The highest BCUT2D eigenvalue weighted by Crippen LogP contribution is 2.60. The van der Waals surface area contributed by atoms with Gasteiger partial charge in [0, 0.05) is 0 Å². The fourth-order valence-corrected chi connectivity index (χ4v) is 3.39. The Balaban J connectivity index is 1.86. The van der Waals surface area contributed by atoms with Gasteiger partial charge in [0.15, 0.2) is 0 Å². The van der Waals surface area contributed by atoms with Crippen molar-refractivity contribution in [2.24, 2.45) is 29.6 Å². The molecule has 2 aliphatic carbocycles. The van der Waals surface area contributed by atoms with Gasteiger partial charge in [-0.05, 0) is 55.8 Å². The lowest BCUT2D eigenvalue weighted by molar-refractivity contribution is 0.347. The van der Waals surface area contributed by atoms with Crippen LogP contribution < -0.4 is 0 Å². The maximum Gasteiger partial charge on any atom is -0.0200 e. The number of rotatable bonds is 4. The van der Waals surface area contributed by atoms with E-state index in [4.69, 9.17) is 0 Å². The molecule has 0 N–H and O–H groups in total. The van der Waals surface area contributed by atoms with E-state index in [-0.39, 0.29) is 0 Å². The van der Waals surface area contributed by atoms with Crippen molar-refractivity contribution < 1.29 is 0 Å². The quantitative estimate of drug-likeness (QED) is 0.583. The van der Waals surface area contributed by atoms with Crippen molar-refractivity contribution in [3.63, 3.8) is 0 Å². The maximum absolute atomic E-state index is 2.46. The molecular weight excluding hydrogens is 168 g/mol. The van der Waals surface area contributed by atoms with Gasteiger partial charge in [-0.25, -0.2) is 0 Å². The number of fused-ring (bicyclic) bond motifs is 1. The van der Waals surface area contributed by atoms with Gasteiger partial charge in [0.25, 0.3) is 0 Å². The smallest absolute Gasteiger partial charge is 0.0200 e. The van der Waals surface area contributed by atoms with E-state index in [1.54, 1.807) is 0 Å². The van der Waals surface area contributed by atoms with Crippen LogP contribution in [0.15, 0.2) is 12.2 Å². The highest BCUT2D eigenvalue weighted by molar-refractivity contribution is 5.08. The van der Waals surface area contributed by atoms with Gasteiger partial charge in [0.1, 0.15) is 0 Å². The van der Waals surface area contributed by atoms with Crippen LogP contribution in [0.25, 0.3) is 0 Å². The maximum atomic E-state index is 2.46. The lowest BCUT2D eigenvalue weighted by atomic mass is 9.88. The van der Waals surface area contributed by atoms with Crippen LogP contribution in [0.3, 0.4) is 0 Å². The van der Waals surface area contributed by atoms with Crippen molar-refractivity contribution in [2.45, 2.75) is 46.5 Å². The van der Waals surface area contributed by atoms with Crippen molar-refractivity contribution in [1.82, 2.24) is 0 Å². The van der Waals surface area contributed by atoms with Gasteiger partial charge in [-0.3, -0.25) is 0 Å². The molecule has 0 bridgehead atoms. The molecule has 2 aliphatic rings. The molecule has 0 radical (unpaired) electrons. The Morgan fingerprint density at radius 1 is 1.29 bits per heavy atom. The Morgan fingerprint density at radius 2 is 2.07 bits per heavy atom. The number of allylic oxidation sites excluding steroid dienone is 2. The van der Waals surface area contributed by atoms with Gasteiger partial charge < -0.3 is 0 Å². The Morgan fingerprint density at radius 3 is 2.71 bits per heavy atom. The summed E-state index contributed by atoms with van der Waals surface area (Å²) in [6, 6.07) is 0. The van der Waals surface area contributed by atoms with E-state index in [0.29, 0.717) is 0 Å². The monoisotopic (exact) mass is 192 g/mol. The second-order valence-electron chi connectivity index (χ2n) is 5.50. The van der Waals surface area contributed by atoms with E-state index in [2.05, 4.69) is 32.9 Å². The second kappa shape index (κ2) is 4.08. The highest BCUT2D eigenvalue weighted by atomic mass is 14.6. The predicted octanol–water partition coefficient (Wildman–Crippen LogP) is 4.27. The molecule has 0 saturated heterocycles. The zero-order valence-electron chi connectivity index (χ0n) is 9.87. The normalized spacial score (nSPS) is 42.8. The Kier molecular flexibility index (Phi) is 2.99. The van der Waals surface area contributed by atoms with Gasteiger partial charge in [-0.2, -0.15) is 0 Å². The average Bonchev–Trinajstić information content (AvgIpc) is 2.89. The van der Waals surface area contributed by atoms with Crippen molar-refractivity contribution in [3.8, 4) is 0 Å². The minimum absolute atomic E-state index is 0.944. The molecule has 0 nitrogen and oxygen atoms in total. The lowest BCUT2D eigenvalue weighted by Crippen LogP contribution is -2.07. The standard InChI is InChI=1S/C14H24/c1-4-6-11-8-12(7-10(3)5-2)14-9-13(11)14/h4,6,10-14H,5,7-9H2,1-3H3. The van der Waals surface area contributed by atoms with Crippen LogP contribution in [0.1, 0.15) is 46.5 Å². The third-order valence-electron chi connectivity index (χ3n) is 4.46. The van der Waals surface area contributed by atoms with Gasteiger partial charge >= 0.3 is 0 Å². The molecule has 0 aliphatic heterocycles. The summed E-state index contributed by atoms with van der Waals surface area (Å²) in [5.41, 5.74) is 0. The van der Waals surface area contributed by atoms with Crippen LogP contribution in [-0.2, 0) is 0 Å². The first-order valence-corrected chi connectivity index (χ1v) is 6.39. The summed E-state index contributed by atoms with van der Waals surface area (Å²) >= 11 is 0. The van der Waals surface area contributed by atoms with Crippen LogP contribution in [0, 0.1) is 29.6 Å². The zero-order chi connectivity index (χ0) is 10.1. The molecule has 0 spiro atoms. The molecule has 0 heterocycles. The molecule has 0 aromatic heterocycles. The van der Waals surface area contributed by atoms with E-state index in [1.165, 1.54) is 25.7 Å². The summed E-state index contributed by atoms with van der Waals surface area (Å²) < 4.78 is 0. The summed E-state index contributed by atoms with van der Waals surface area (Å²) in [6.07, 6.45) is 10.6. The molecule has 5 unspecified atom stereocenters. The van der Waals surface area contributed by atoms with Crippen LogP contribution in [0.2, 0.25) is 0 Å². The SMILES string of the molecule is CC=CC1CC(CC(C)CC)C2CC12. The first kappa shape index (κ1) is 10.3. The van der Waals surface area contributed by atoms with Crippen LogP contribution in [0.5, 0.6) is 0 Å². The van der Waals surface area contributed by atoms with Crippen molar-refractivity contribution >= 4 is 0 Å². The fraction of sp³-hybridized carbons (Fsp3) is 0.857. The van der Waals surface area contributed by atoms with Gasteiger partial charge in [0.05, 0.1) is 0 Å². The van der Waals surface area contributed by atoms with E-state index in [0.717, 1.165) is 29.6 Å². The molecule has 0 aromatic carbocycles. The zero-order valence-corrected chi connectivity index (χ0v) is 9.87. The summed E-state index contributed by atoms with van der Waals surface area (Å²) in [6.45, 7) is 6.91. The Hall–Kier alpha value is -0.260.